The van der Waals surface area contributed by atoms with Crippen LogP contribution in [0.3, 0.4) is 0 Å². The number of esters is 1. The minimum absolute atomic E-state index is 0.0730. The molecule has 2 atom stereocenters. The van der Waals surface area contributed by atoms with E-state index in [2.05, 4.69) is 0 Å². The van der Waals surface area contributed by atoms with Crippen LogP contribution in [-0.2, 0) is 32.7 Å². The molecule has 11 heteroatoms. The van der Waals surface area contributed by atoms with Gasteiger partial charge in [-0.3, -0.25) is 18.6 Å². The second-order valence-electron chi connectivity index (χ2n) is 10.7. The minimum Gasteiger partial charge on any atom is -0.481 e. The summed E-state index contributed by atoms with van der Waals surface area (Å²) in [6.07, 6.45) is 14.3. The zero-order valence-electron chi connectivity index (χ0n) is 23.7. The highest BCUT2D eigenvalue weighted by Gasteiger charge is 2.25. The normalized spacial score (nSPS) is 14.3. The van der Waals surface area contributed by atoms with Crippen molar-refractivity contribution in [1.82, 2.24) is 0 Å². The zero-order chi connectivity index (χ0) is 28.0. The molecule has 0 radical (unpaired) electrons. The molecule has 1 unspecified atom stereocenters. The Bertz CT molecular complexity index is 640. The second kappa shape index (κ2) is 21.9. The molecular weight excluding hydrogens is 501 g/mol. The number of unbranched alkanes of at least 4 members (excludes halogenated alkanes) is 12. The van der Waals surface area contributed by atoms with Crippen molar-refractivity contribution in [2.75, 3.05) is 54.1 Å². The molecule has 37 heavy (non-hydrogen) atoms. The van der Waals surface area contributed by atoms with E-state index >= 15 is 0 Å². The molecule has 0 aromatic carbocycles. The average Bonchev–Trinajstić information content (AvgIpc) is 2.77. The first-order valence-corrected chi connectivity index (χ1v) is 15.3. The van der Waals surface area contributed by atoms with E-state index < -0.39 is 25.9 Å². The standard InChI is InChI=1S/C26H52NO9P/c1-24(28)36-25(23-35-37(31,32)34-21-19-27(2,3)4)22-33-20-17-15-13-11-9-7-5-6-8-10-12-14-16-18-26(29)30/h25H,5-23H2,1-4H3,(H-,29,30,31,32)/p+1/t25-/m1/s1. The van der Waals surface area contributed by atoms with Crippen LogP contribution >= 0.6 is 7.82 Å². The molecular formula is C26H53NO9P+. The first kappa shape index (κ1) is 36.0. The number of carboxylic acid groups (broad SMARTS) is 1. The number of phosphoric ester groups is 1. The van der Waals surface area contributed by atoms with Crippen molar-refractivity contribution in [3.05, 3.63) is 0 Å². The maximum Gasteiger partial charge on any atom is 0.472 e. The van der Waals surface area contributed by atoms with Crippen LogP contribution in [-0.4, -0.2) is 86.6 Å². The fraction of sp³-hybridized carbons (Fsp3) is 0.923. The quantitative estimate of drug-likeness (QED) is 0.0632. The molecule has 10 nitrogen and oxygen atoms in total. The van der Waals surface area contributed by atoms with Crippen molar-refractivity contribution in [2.45, 2.75) is 103 Å². The maximum atomic E-state index is 12.0. The number of carbonyl (C=O) groups is 2. The highest BCUT2D eigenvalue weighted by Crippen LogP contribution is 2.43. The summed E-state index contributed by atoms with van der Waals surface area (Å²) in [5, 5.41) is 8.61. The summed E-state index contributed by atoms with van der Waals surface area (Å²) in [6.45, 7) is 2.24. The van der Waals surface area contributed by atoms with Crippen LogP contribution in [0.15, 0.2) is 0 Å². The van der Waals surface area contributed by atoms with E-state index in [4.69, 9.17) is 23.6 Å². The van der Waals surface area contributed by atoms with Gasteiger partial charge in [0.15, 0.2) is 0 Å². The van der Waals surface area contributed by atoms with E-state index in [0.29, 0.717) is 17.6 Å². The van der Waals surface area contributed by atoms with Gasteiger partial charge in [0.2, 0.25) is 0 Å². The molecule has 220 valence electrons. The summed E-state index contributed by atoms with van der Waals surface area (Å²) in [7, 11) is 1.61. The molecule has 2 N–H and O–H groups in total. The molecule has 0 heterocycles. The van der Waals surface area contributed by atoms with E-state index in [9.17, 15) is 19.0 Å². The summed E-state index contributed by atoms with van der Waals surface area (Å²) >= 11 is 0. The first-order chi connectivity index (χ1) is 17.4. The van der Waals surface area contributed by atoms with Gasteiger partial charge >= 0.3 is 19.8 Å². The number of likely N-dealkylation sites (N-methyl/N-ethyl adjacent to an activating group) is 1. The lowest BCUT2D eigenvalue weighted by Gasteiger charge is -2.24. The molecule has 0 saturated carbocycles. The fourth-order valence-electron chi connectivity index (χ4n) is 3.64. The molecule has 0 aliphatic heterocycles. The van der Waals surface area contributed by atoms with Gasteiger partial charge in [0.25, 0.3) is 0 Å². The number of nitrogens with zero attached hydrogens (tertiary/aromatic N) is 1. The van der Waals surface area contributed by atoms with E-state index in [1.54, 1.807) is 0 Å². The third-order valence-electron chi connectivity index (χ3n) is 5.76. The summed E-state index contributed by atoms with van der Waals surface area (Å²) in [5.41, 5.74) is 0. The Morgan fingerprint density at radius 3 is 1.70 bits per heavy atom. The number of carboxylic acids is 1. The number of rotatable bonds is 26. The SMILES string of the molecule is CC(=O)O[C@H](COCCCCCCCCCCCCCCCC(=O)O)COP(=O)(O)OCC[N+](C)(C)C. The molecule has 0 aliphatic carbocycles. The van der Waals surface area contributed by atoms with Crippen LogP contribution in [0, 0.1) is 0 Å². The summed E-state index contributed by atoms with van der Waals surface area (Å²) < 4.78 is 33.3. The fourth-order valence-corrected chi connectivity index (χ4v) is 4.38. The number of aliphatic carboxylic acids is 1. The van der Waals surface area contributed by atoms with Crippen LogP contribution in [0.2, 0.25) is 0 Å². The number of carbonyl (C=O) groups excluding carboxylic acids is 1. The van der Waals surface area contributed by atoms with Crippen molar-refractivity contribution in [3.63, 3.8) is 0 Å². The lowest BCUT2D eigenvalue weighted by atomic mass is 10.0. The van der Waals surface area contributed by atoms with Crippen molar-refractivity contribution in [3.8, 4) is 0 Å². The van der Waals surface area contributed by atoms with Crippen molar-refractivity contribution in [2.24, 2.45) is 0 Å². The van der Waals surface area contributed by atoms with E-state index in [1.165, 1.54) is 51.9 Å². The molecule has 0 rings (SSSR count). The van der Waals surface area contributed by atoms with E-state index in [-0.39, 0.29) is 26.2 Å². The number of hydrogen-bond acceptors (Lipinski definition) is 7. The second-order valence-corrected chi connectivity index (χ2v) is 12.1. The summed E-state index contributed by atoms with van der Waals surface area (Å²) in [6, 6.07) is 0. The van der Waals surface area contributed by atoms with Crippen LogP contribution in [0.5, 0.6) is 0 Å². The molecule has 0 saturated heterocycles. The molecule has 0 amide bonds. The molecule has 0 spiro atoms. The van der Waals surface area contributed by atoms with Gasteiger partial charge in [0, 0.05) is 20.0 Å². The smallest absolute Gasteiger partial charge is 0.472 e. The monoisotopic (exact) mass is 554 g/mol. The lowest BCUT2D eigenvalue weighted by Crippen LogP contribution is -2.37. The Morgan fingerprint density at radius 2 is 1.24 bits per heavy atom. The third kappa shape index (κ3) is 27.8. The maximum absolute atomic E-state index is 12.0. The van der Waals surface area contributed by atoms with Gasteiger partial charge in [-0.1, -0.05) is 70.6 Å². The molecule has 0 fully saturated rings. The summed E-state index contributed by atoms with van der Waals surface area (Å²) in [4.78, 5) is 31.6. The van der Waals surface area contributed by atoms with Gasteiger partial charge in [-0.25, -0.2) is 4.57 Å². The van der Waals surface area contributed by atoms with Crippen molar-refractivity contribution >= 4 is 19.8 Å². The molecule has 0 aromatic heterocycles. The summed E-state index contributed by atoms with van der Waals surface area (Å²) in [5.74, 6) is -1.21. The van der Waals surface area contributed by atoms with E-state index in [0.717, 1.165) is 38.5 Å². The van der Waals surface area contributed by atoms with Gasteiger partial charge in [-0.2, -0.15) is 0 Å². The predicted molar refractivity (Wildman–Crippen MR) is 143 cm³/mol. The van der Waals surface area contributed by atoms with Crippen LogP contribution in [0.25, 0.3) is 0 Å². The highest BCUT2D eigenvalue weighted by molar-refractivity contribution is 7.47. The van der Waals surface area contributed by atoms with E-state index in [1.807, 2.05) is 21.1 Å². The minimum atomic E-state index is -4.23. The van der Waals surface area contributed by atoms with Crippen molar-refractivity contribution < 1.29 is 47.2 Å². The Morgan fingerprint density at radius 1 is 0.757 bits per heavy atom. The Labute approximate surface area is 224 Å². The largest absolute Gasteiger partial charge is 0.481 e. The predicted octanol–water partition coefficient (Wildman–Crippen LogP) is 5.32. The van der Waals surface area contributed by atoms with Crippen LogP contribution in [0.4, 0.5) is 0 Å². The number of ether oxygens (including phenoxy) is 2. The van der Waals surface area contributed by atoms with Gasteiger partial charge in [0.1, 0.15) is 19.3 Å². The third-order valence-corrected chi connectivity index (χ3v) is 6.74. The highest BCUT2D eigenvalue weighted by atomic mass is 31.2. The number of phosphoric acid groups is 1. The first-order valence-electron chi connectivity index (χ1n) is 13.8. The van der Waals surface area contributed by atoms with Gasteiger partial charge in [0.05, 0.1) is 34.4 Å². The van der Waals surface area contributed by atoms with Gasteiger partial charge < -0.3 is 24.0 Å². The average molecular weight is 555 g/mol. The molecule has 0 aliphatic rings. The van der Waals surface area contributed by atoms with Gasteiger partial charge in [-0.15, -0.1) is 0 Å². The topological polar surface area (TPSA) is 129 Å². The Balaban J connectivity index is 3.73. The lowest BCUT2D eigenvalue weighted by molar-refractivity contribution is -0.870. The number of hydrogen-bond donors (Lipinski definition) is 2. The van der Waals surface area contributed by atoms with Crippen LogP contribution in [0.1, 0.15) is 96.8 Å². The number of quaternary nitrogens is 1. The molecule has 0 bridgehead atoms. The Hall–Kier alpha value is -1.03. The van der Waals surface area contributed by atoms with Crippen LogP contribution < -0.4 is 0 Å². The molecule has 0 aromatic rings. The zero-order valence-corrected chi connectivity index (χ0v) is 24.6. The Kier molecular flexibility index (Phi) is 21.2. The van der Waals surface area contributed by atoms with Gasteiger partial charge in [-0.05, 0) is 12.8 Å². The van der Waals surface area contributed by atoms with Crippen molar-refractivity contribution in [1.29, 1.82) is 0 Å².